The smallest absolute Gasteiger partial charge is 0.240 e. The van der Waals surface area contributed by atoms with E-state index < -0.39 is 26.6 Å². The number of aliphatic hydroxyl groups is 1. The first-order valence-corrected chi connectivity index (χ1v) is 21.7. The third-order valence-corrected chi connectivity index (χ3v) is 15.3. The van der Waals surface area contributed by atoms with Crippen molar-refractivity contribution in [3.05, 3.63) is 87.7 Å². The topological polar surface area (TPSA) is 162 Å². The molecule has 2 aliphatic heterocycles. The number of furan rings is 1. The lowest BCUT2D eigenvalue weighted by molar-refractivity contribution is -0.122. The maximum atomic E-state index is 13.1. The Hall–Kier alpha value is -4.84. The minimum Gasteiger partial charge on any atom is -0.480 e. The quantitative estimate of drug-likeness (QED) is 0.150. The molecule has 0 radical (unpaired) electrons. The Labute approximate surface area is 342 Å². The van der Waals surface area contributed by atoms with Crippen LogP contribution in [0.25, 0.3) is 44.7 Å². The fourth-order valence-corrected chi connectivity index (χ4v) is 10.7. The summed E-state index contributed by atoms with van der Waals surface area (Å²) < 4.78 is 39.2. The van der Waals surface area contributed by atoms with Gasteiger partial charge in [0.2, 0.25) is 21.8 Å². The van der Waals surface area contributed by atoms with Crippen LogP contribution in [-0.2, 0) is 27.8 Å². The molecule has 14 heteroatoms. The van der Waals surface area contributed by atoms with Crippen LogP contribution < -0.4 is 9.46 Å². The van der Waals surface area contributed by atoms with Crippen LogP contribution in [0.5, 0.6) is 5.88 Å². The van der Waals surface area contributed by atoms with Crippen molar-refractivity contribution in [3.63, 3.8) is 0 Å². The number of sulfonamides is 1. The molecule has 9 rings (SSSR count). The standard InChI is InChI=1S/C44H45ClN6O6S/c1-25-29(6-4-7-30(25)36-21-47-37(43(48-36)56-3)24-50-16-13-28(52)23-50)32-8-5-9-33(40(32)45)39-19-27-18-34-31(35(20-46)41(27)57-39)10-11-38(34)51-17-12-26(22-51)42(53)49-58(54,55)44(2)14-15-44/h4-9,18-19,21,26,28,38,52H,10-17,22-24H2,1-3H3,(H,49,53)/t26-,28-,38-/m1/s1. The number of β-amino-alcohol motifs (C(OH)–C–C–N with tert-alkyl or cyclic N) is 1. The van der Waals surface area contributed by atoms with Crippen molar-refractivity contribution in [1.82, 2.24) is 24.5 Å². The van der Waals surface area contributed by atoms with Crippen LogP contribution in [0, 0.1) is 24.2 Å². The van der Waals surface area contributed by atoms with Gasteiger partial charge in [0.05, 0.1) is 46.4 Å². The third-order valence-electron chi connectivity index (χ3n) is 12.7. The molecular weight excluding hydrogens is 776 g/mol. The Kier molecular flexibility index (Phi) is 9.84. The fraction of sp³-hybridized carbons (Fsp3) is 0.409. The zero-order valence-electron chi connectivity index (χ0n) is 32.7. The van der Waals surface area contributed by atoms with E-state index in [1.54, 1.807) is 20.2 Å². The minimum atomic E-state index is -3.70. The Morgan fingerprint density at radius 2 is 1.84 bits per heavy atom. The van der Waals surface area contributed by atoms with E-state index in [0.29, 0.717) is 90.9 Å². The molecule has 3 aromatic carbocycles. The van der Waals surface area contributed by atoms with Crippen molar-refractivity contribution in [1.29, 1.82) is 5.26 Å². The number of carbonyl (C=O) groups excluding carboxylic acids is 1. The van der Waals surface area contributed by atoms with Crippen molar-refractivity contribution in [3.8, 4) is 45.7 Å². The highest BCUT2D eigenvalue weighted by molar-refractivity contribution is 7.91. The minimum absolute atomic E-state index is 0.00216. The number of rotatable bonds is 10. The van der Waals surface area contributed by atoms with E-state index in [0.717, 1.165) is 63.8 Å². The molecule has 2 aromatic heterocycles. The van der Waals surface area contributed by atoms with E-state index in [1.807, 2.05) is 49.4 Å². The van der Waals surface area contributed by atoms with Crippen molar-refractivity contribution in [2.45, 2.75) is 75.8 Å². The molecule has 0 spiro atoms. The van der Waals surface area contributed by atoms with Gasteiger partial charge in [0.15, 0.2) is 5.58 Å². The molecule has 5 aromatic rings. The number of nitriles is 1. The normalized spacial score (nSPS) is 21.6. The van der Waals surface area contributed by atoms with Crippen molar-refractivity contribution >= 4 is 38.5 Å². The van der Waals surface area contributed by atoms with Crippen LogP contribution in [0.2, 0.25) is 5.02 Å². The lowest BCUT2D eigenvalue weighted by Gasteiger charge is -2.25. The predicted molar refractivity (Wildman–Crippen MR) is 220 cm³/mol. The molecule has 0 unspecified atom stereocenters. The highest BCUT2D eigenvalue weighted by Crippen LogP contribution is 2.46. The van der Waals surface area contributed by atoms with Gasteiger partial charge < -0.3 is 14.3 Å². The summed E-state index contributed by atoms with van der Waals surface area (Å²) in [4.78, 5) is 27.1. The summed E-state index contributed by atoms with van der Waals surface area (Å²) in [6, 6.07) is 18.3. The number of nitrogens with zero attached hydrogens (tertiary/aromatic N) is 5. The third kappa shape index (κ3) is 6.74. The van der Waals surface area contributed by atoms with Gasteiger partial charge in [-0.2, -0.15) is 5.26 Å². The molecule has 1 amide bonds. The first kappa shape index (κ1) is 38.7. The van der Waals surface area contributed by atoms with Gasteiger partial charge in [-0.25, -0.2) is 13.4 Å². The second kappa shape index (κ2) is 14.8. The summed E-state index contributed by atoms with van der Waals surface area (Å²) >= 11 is 7.25. The van der Waals surface area contributed by atoms with E-state index >= 15 is 0 Å². The second-order valence-electron chi connectivity index (χ2n) is 16.4. The van der Waals surface area contributed by atoms with Crippen LogP contribution in [0.3, 0.4) is 0 Å². The zero-order chi connectivity index (χ0) is 40.5. The van der Waals surface area contributed by atoms with E-state index in [9.17, 15) is 23.6 Å². The molecule has 58 heavy (non-hydrogen) atoms. The number of carbonyl (C=O) groups is 1. The van der Waals surface area contributed by atoms with Crippen molar-refractivity contribution < 1.29 is 27.5 Å². The molecule has 2 saturated heterocycles. The lowest BCUT2D eigenvalue weighted by Crippen LogP contribution is -2.42. The molecule has 2 aliphatic carbocycles. The summed E-state index contributed by atoms with van der Waals surface area (Å²) in [7, 11) is -2.11. The molecule has 12 nitrogen and oxygen atoms in total. The molecule has 1 saturated carbocycles. The molecule has 2 N–H and O–H groups in total. The zero-order valence-corrected chi connectivity index (χ0v) is 34.3. The summed E-state index contributed by atoms with van der Waals surface area (Å²) in [6.45, 7) is 6.77. The molecule has 4 aliphatic rings. The van der Waals surface area contributed by atoms with Crippen LogP contribution in [-0.4, -0.2) is 83.3 Å². The Morgan fingerprint density at radius 1 is 1.09 bits per heavy atom. The number of amides is 1. The van der Waals surface area contributed by atoms with Crippen molar-refractivity contribution in [2.75, 3.05) is 33.3 Å². The number of fused-ring (bicyclic) bond motifs is 2. The number of aliphatic hydroxyl groups excluding tert-OH is 1. The summed E-state index contributed by atoms with van der Waals surface area (Å²) in [5, 5.41) is 21.7. The summed E-state index contributed by atoms with van der Waals surface area (Å²) in [5.74, 6) is 0.150. The van der Waals surface area contributed by atoms with Gasteiger partial charge in [-0.15, -0.1) is 0 Å². The predicted octanol–water partition coefficient (Wildman–Crippen LogP) is 6.94. The Morgan fingerprint density at radius 3 is 2.57 bits per heavy atom. The number of methoxy groups -OCH3 is 1. The van der Waals surface area contributed by atoms with Crippen molar-refractivity contribution in [2.24, 2.45) is 5.92 Å². The molecule has 0 bridgehead atoms. The van der Waals surface area contributed by atoms with Gasteiger partial charge >= 0.3 is 0 Å². The van der Waals surface area contributed by atoms with Crippen LogP contribution >= 0.6 is 11.6 Å². The van der Waals surface area contributed by atoms with Gasteiger partial charge in [-0.05, 0) is 99.4 Å². The number of ether oxygens (including phenoxy) is 1. The molecule has 3 atom stereocenters. The lowest BCUT2D eigenvalue weighted by atomic mass is 9.93. The number of aromatic nitrogens is 2. The summed E-state index contributed by atoms with van der Waals surface area (Å²) in [6.07, 6.45) is 5.38. The largest absolute Gasteiger partial charge is 0.480 e. The highest BCUT2D eigenvalue weighted by atomic mass is 35.5. The second-order valence-corrected chi connectivity index (χ2v) is 19.0. The van der Waals surface area contributed by atoms with Crippen LogP contribution in [0.1, 0.15) is 73.0 Å². The fourth-order valence-electron chi connectivity index (χ4n) is 9.05. The van der Waals surface area contributed by atoms with Crippen LogP contribution in [0.15, 0.2) is 59.1 Å². The molecule has 300 valence electrons. The monoisotopic (exact) mass is 820 g/mol. The number of hydrogen-bond donors (Lipinski definition) is 2. The number of nitrogens with one attached hydrogen (secondary N) is 1. The Bertz CT molecular complexity index is 2630. The van der Waals surface area contributed by atoms with Crippen LogP contribution in [0.4, 0.5) is 0 Å². The van der Waals surface area contributed by atoms with Gasteiger partial charge in [0.25, 0.3) is 0 Å². The molecule has 3 fully saturated rings. The van der Waals surface area contributed by atoms with E-state index in [4.69, 9.17) is 30.7 Å². The van der Waals surface area contributed by atoms with E-state index in [2.05, 4.69) is 26.7 Å². The van der Waals surface area contributed by atoms with Gasteiger partial charge in [-0.3, -0.25) is 24.3 Å². The first-order valence-electron chi connectivity index (χ1n) is 19.9. The average Bonchev–Trinajstić information content (AvgIpc) is 3.67. The van der Waals surface area contributed by atoms with E-state index in [1.165, 1.54) is 0 Å². The van der Waals surface area contributed by atoms with Gasteiger partial charge in [0, 0.05) is 54.3 Å². The maximum Gasteiger partial charge on any atom is 0.240 e. The van der Waals surface area contributed by atoms with E-state index in [-0.39, 0.29) is 12.1 Å². The van der Waals surface area contributed by atoms with Gasteiger partial charge in [-0.1, -0.05) is 41.9 Å². The highest BCUT2D eigenvalue weighted by Gasteiger charge is 2.51. The average molecular weight is 821 g/mol. The molecule has 4 heterocycles. The number of benzene rings is 3. The summed E-state index contributed by atoms with van der Waals surface area (Å²) in [5.41, 5.74) is 8.71. The molecular formula is C44H45ClN6O6S. The SMILES string of the molecule is COc1nc(-c2cccc(-c3cccc(-c4cc5cc6c(c(C#N)c5o4)CC[C@H]6N4CC[C@@H](C(=O)NS(=O)(=O)C5(C)CC5)C4)c3Cl)c2C)cnc1CN1CC[C@@H](O)C1. The maximum absolute atomic E-state index is 13.1. The number of halogens is 1. The number of likely N-dealkylation sites (tertiary alicyclic amines) is 2. The van der Waals surface area contributed by atoms with Gasteiger partial charge in [0.1, 0.15) is 17.5 Å². The Balaban J connectivity index is 0.986. The first-order chi connectivity index (χ1) is 27.9. The number of hydrogen-bond acceptors (Lipinski definition) is 11.